The van der Waals surface area contributed by atoms with E-state index in [2.05, 4.69) is 4.98 Å². The minimum absolute atomic E-state index is 0.0696. The van der Waals surface area contributed by atoms with Gasteiger partial charge in [0.1, 0.15) is 0 Å². The molecule has 0 spiro atoms. The van der Waals surface area contributed by atoms with Gasteiger partial charge in [-0.15, -0.1) is 0 Å². The van der Waals surface area contributed by atoms with E-state index in [1.165, 1.54) is 0 Å². The molecule has 18 heavy (non-hydrogen) atoms. The maximum Gasteiger partial charge on any atom is 0.0987 e. The summed E-state index contributed by atoms with van der Waals surface area (Å²) in [5.74, 6) is 0. The van der Waals surface area contributed by atoms with Crippen LogP contribution in [0.1, 0.15) is 38.9 Å². The van der Waals surface area contributed by atoms with Gasteiger partial charge in [0.15, 0.2) is 0 Å². The van der Waals surface area contributed by atoms with Crippen LogP contribution in [-0.4, -0.2) is 30.3 Å². The van der Waals surface area contributed by atoms with Crippen LogP contribution in [-0.2, 0) is 9.47 Å². The number of ether oxygens (including phenoxy) is 2. The second-order valence-corrected chi connectivity index (χ2v) is 5.15. The lowest BCUT2D eigenvalue weighted by molar-refractivity contribution is -0.0318. The van der Waals surface area contributed by atoms with Gasteiger partial charge < -0.3 is 15.2 Å². The maximum atomic E-state index is 5.97. The van der Waals surface area contributed by atoms with Crippen molar-refractivity contribution in [2.75, 3.05) is 13.7 Å². The molecule has 1 aromatic heterocycles. The zero-order valence-electron chi connectivity index (χ0n) is 11.7. The van der Waals surface area contributed by atoms with Crippen molar-refractivity contribution in [1.29, 1.82) is 0 Å². The van der Waals surface area contributed by atoms with E-state index < -0.39 is 0 Å². The molecule has 1 rings (SSSR count). The van der Waals surface area contributed by atoms with Gasteiger partial charge in [-0.3, -0.25) is 4.98 Å². The van der Waals surface area contributed by atoms with Crippen LogP contribution in [0.5, 0.6) is 0 Å². The summed E-state index contributed by atoms with van der Waals surface area (Å²) >= 11 is 0. The first-order valence-corrected chi connectivity index (χ1v) is 6.28. The molecule has 0 aliphatic rings. The third-order valence-corrected chi connectivity index (χ3v) is 3.04. The molecule has 4 nitrogen and oxygen atoms in total. The Morgan fingerprint density at radius 2 is 2.17 bits per heavy atom. The topological polar surface area (TPSA) is 57.4 Å². The molecule has 0 amide bonds. The molecule has 1 heterocycles. The lowest BCUT2D eigenvalue weighted by atomic mass is 10.0. The zero-order valence-corrected chi connectivity index (χ0v) is 11.7. The molecule has 4 heteroatoms. The first kappa shape index (κ1) is 15.1. The predicted octanol–water partition coefficient (Wildman–Crippen LogP) is 2.30. The number of hydrogen-bond acceptors (Lipinski definition) is 4. The fourth-order valence-electron chi connectivity index (χ4n) is 1.63. The molecule has 0 aliphatic carbocycles. The van der Waals surface area contributed by atoms with Crippen molar-refractivity contribution >= 4 is 0 Å². The monoisotopic (exact) mass is 252 g/mol. The molecule has 0 saturated heterocycles. The Balaban J connectivity index is 2.55. The highest BCUT2D eigenvalue weighted by atomic mass is 16.5. The van der Waals surface area contributed by atoms with E-state index in [1.54, 1.807) is 19.5 Å². The van der Waals surface area contributed by atoms with Crippen LogP contribution < -0.4 is 5.73 Å². The molecule has 102 valence electrons. The van der Waals surface area contributed by atoms with Crippen LogP contribution in [0, 0.1) is 0 Å². The first-order chi connectivity index (χ1) is 8.46. The molecule has 0 bridgehead atoms. The summed E-state index contributed by atoms with van der Waals surface area (Å²) in [4.78, 5) is 4.10. The van der Waals surface area contributed by atoms with E-state index in [1.807, 2.05) is 32.9 Å². The lowest BCUT2D eigenvalue weighted by Crippen LogP contribution is -2.30. The summed E-state index contributed by atoms with van der Waals surface area (Å²) in [5.41, 5.74) is 6.81. The largest absolute Gasteiger partial charge is 0.379 e. The van der Waals surface area contributed by atoms with Crippen LogP contribution in [0.15, 0.2) is 24.5 Å². The van der Waals surface area contributed by atoms with E-state index in [0.29, 0.717) is 6.61 Å². The Labute approximate surface area is 110 Å². The van der Waals surface area contributed by atoms with Gasteiger partial charge in [0, 0.05) is 31.1 Å². The zero-order chi connectivity index (χ0) is 13.6. The van der Waals surface area contributed by atoms with Crippen molar-refractivity contribution < 1.29 is 9.47 Å². The number of pyridine rings is 1. The minimum Gasteiger partial charge on any atom is -0.379 e. The number of hydrogen-bond donors (Lipinski definition) is 1. The quantitative estimate of drug-likeness (QED) is 0.809. The van der Waals surface area contributed by atoms with E-state index in [9.17, 15) is 0 Å². The Hall–Kier alpha value is -0.970. The van der Waals surface area contributed by atoms with Crippen LogP contribution in [0.4, 0.5) is 0 Å². The second-order valence-electron chi connectivity index (χ2n) is 5.15. The van der Waals surface area contributed by atoms with Crippen molar-refractivity contribution in [3.8, 4) is 0 Å². The molecule has 0 radical (unpaired) electrons. The highest BCUT2D eigenvalue weighted by Crippen LogP contribution is 2.21. The molecule has 0 saturated carbocycles. The maximum absolute atomic E-state index is 5.97. The van der Waals surface area contributed by atoms with Gasteiger partial charge in [-0.25, -0.2) is 0 Å². The number of rotatable bonds is 7. The van der Waals surface area contributed by atoms with Gasteiger partial charge in [0.05, 0.1) is 18.3 Å². The Morgan fingerprint density at radius 1 is 1.44 bits per heavy atom. The van der Waals surface area contributed by atoms with Gasteiger partial charge in [-0.05, 0) is 33.3 Å². The van der Waals surface area contributed by atoms with Crippen molar-refractivity contribution in [3.05, 3.63) is 30.1 Å². The van der Waals surface area contributed by atoms with Crippen molar-refractivity contribution in [3.63, 3.8) is 0 Å². The summed E-state index contributed by atoms with van der Waals surface area (Å²) in [5, 5.41) is 0. The lowest BCUT2D eigenvalue weighted by Gasteiger charge is -2.26. The van der Waals surface area contributed by atoms with Crippen LogP contribution >= 0.6 is 0 Å². The number of nitrogens with two attached hydrogens (primary N) is 1. The second kappa shape index (κ2) is 6.83. The Bertz CT molecular complexity index is 339. The molecular weight excluding hydrogens is 228 g/mol. The third-order valence-electron chi connectivity index (χ3n) is 3.04. The molecular formula is C14H24N2O2. The van der Waals surface area contributed by atoms with Gasteiger partial charge in [-0.1, -0.05) is 6.07 Å². The average Bonchev–Trinajstić information content (AvgIpc) is 2.35. The molecule has 1 aromatic rings. The summed E-state index contributed by atoms with van der Waals surface area (Å²) in [6, 6.07) is 3.82. The normalized spacial score (nSPS) is 15.4. The summed E-state index contributed by atoms with van der Waals surface area (Å²) < 4.78 is 11.2. The van der Waals surface area contributed by atoms with Crippen LogP contribution in [0.3, 0.4) is 0 Å². The number of nitrogens with zero attached hydrogens (tertiary/aromatic N) is 1. The fraction of sp³-hybridized carbons (Fsp3) is 0.643. The van der Waals surface area contributed by atoms with Crippen LogP contribution in [0.25, 0.3) is 0 Å². The Morgan fingerprint density at radius 3 is 2.67 bits per heavy atom. The number of methoxy groups -OCH3 is 1. The fourth-order valence-corrected chi connectivity index (χ4v) is 1.63. The van der Waals surface area contributed by atoms with E-state index in [0.717, 1.165) is 12.0 Å². The first-order valence-electron chi connectivity index (χ1n) is 6.28. The smallest absolute Gasteiger partial charge is 0.0987 e. The summed E-state index contributed by atoms with van der Waals surface area (Å²) in [7, 11) is 1.71. The standard InChI is InChI=1S/C14H24N2O2/c1-11(15)13(12-6-5-8-16-10-12)18-9-7-14(2,3)17-4/h5-6,8,10-11,13H,7,9,15H2,1-4H3. The molecule has 0 fully saturated rings. The highest BCUT2D eigenvalue weighted by molar-refractivity contribution is 5.13. The minimum atomic E-state index is -0.169. The van der Waals surface area contributed by atoms with Gasteiger partial charge in [-0.2, -0.15) is 0 Å². The average molecular weight is 252 g/mol. The Kier molecular flexibility index (Phi) is 5.72. The van der Waals surface area contributed by atoms with Crippen molar-refractivity contribution in [2.45, 2.75) is 44.9 Å². The van der Waals surface area contributed by atoms with Crippen molar-refractivity contribution in [1.82, 2.24) is 4.98 Å². The van der Waals surface area contributed by atoms with E-state index >= 15 is 0 Å². The number of aromatic nitrogens is 1. The molecule has 0 aliphatic heterocycles. The van der Waals surface area contributed by atoms with E-state index in [-0.39, 0.29) is 17.7 Å². The molecule has 0 aromatic carbocycles. The van der Waals surface area contributed by atoms with Gasteiger partial charge in [0.25, 0.3) is 0 Å². The van der Waals surface area contributed by atoms with Crippen molar-refractivity contribution in [2.24, 2.45) is 5.73 Å². The summed E-state index contributed by atoms with van der Waals surface area (Å²) in [6.07, 6.45) is 4.25. The molecule has 2 unspecified atom stereocenters. The predicted molar refractivity (Wildman–Crippen MR) is 72.3 cm³/mol. The van der Waals surface area contributed by atoms with Gasteiger partial charge >= 0.3 is 0 Å². The third kappa shape index (κ3) is 4.72. The SMILES string of the molecule is COC(C)(C)CCOC(c1cccnc1)C(C)N. The molecule has 2 atom stereocenters. The van der Waals surface area contributed by atoms with Crippen LogP contribution in [0.2, 0.25) is 0 Å². The van der Waals surface area contributed by atoms with Gasteiger partial charge in [0.2, 0.25) is 0 Å². The molecule has 2 N–H and O–H groups in total. The highest BCUT2D eigenvalue weighted by Gasteiger charge is 2.20. The summed E-state index contributed by atoms with van der Waals surface area (Å²) in [6.45, 7) is 6.64. The van der Waals surface area contributed by atoms with E-state index in [4.69, 9.17) is 15.2 Å².